The minimum Gasteiger partial charge on any atom is -0.488 e. The van der Waals surface area contributed by atoms with Gasteiger partial charge < -0.3 is 10.5 Å². The van der Waals surface area contributed by atoms with Crippen LogP contribution in [0.15, 0.2) is 12.3 Å². The maximum Gasteiger partial charge on any atom is 0.142 e. The highest BCUT2D eigenvalue weighted by atomic mass is 16.5. The fraction of sp³-hybridized carbons (Fsp3) is 0.615. The Balaban J connectivity index is 2.29. The summed E-state index contributed by atoms with van der Waals surface area (Å²) in [5.41, 5.74) is 7.82. The Labute approximate surface area is 97.0 Å². The van der Waals surface area contributed by atoms with Crippen molar-refractivity contribution in [3.05, 3.63) is 23.5 Å². The van der Waals surface area contributed by atoms with Crippen molar-refractivity contribution in [2.24, 2.45) is 5.73 Å². The van der Waals surface area contributed by atoms with Gasteiger partial charge in [0.05, 0.1) is 11.8 Å². The van der Waals surface area contributed by atoms with E-state index in [0.29, 0.717) is 12.6 Å². The zero-order valence-corrected chi connectivity index (χ0v) is 10.3. The summed E-state index contributed by atoms with van der Waals surface area (Å²) in [6, 6.07) is 2.09. The normalized spacial score (nSPS) is 16.2. The molecule has 0 radical (unpaired) electrons. The molecule has 2 N–H and O–H groups in total. The molecule has 0 amide bonds. The summed E-state index contributed by atoms with van der Waals surface area (Å²) >= 11 is 0. The lowest BCUT2D eigenvalue weighted by atomic mass is 9.88. The molecule has 3 heteroatoms. The van der Waals surface area contributed by atoms with Gasteiger partial charge in [0, 0.05) is 12.7 Å². The maximum atomic E-state index is 5.84. The lowest BCUT2D eigenvalue weighted by Crippen LogP contribution is -2.14. The quantitative estimate of drug-likeness (QED) is 0.850. The second-order valence-electron chi connectivity index (χ2n) is 5.44. The Morgan fingerprint density at radius 2 is 2.12 bits per heavy atom. The predicted molar refractivity (Wildman–Crippen MR) is 64.5 cm³/mol. The number of pyridine rings is 1. The first-order chi connectivity index (χ1) is 7.50. The third-order valence-corrected chi connectivity index (χ3v) is 2.81. The Morgan fingerprint density at radius 3 is 2.62 bits per heavy atom. The predicted octanol–water partition coefficient (Wildman–Crippen LogP) is 2.38. The standard InChI is InChI=1S/C13H20N2O/c1-13(2,3)9-6-12(16-10-4-5-10)11(7-14)15-8-9/h6,8,10H,4-5,7,14H2,1-3H3. The Morgan fingerprint density at radius 1 is 1.44 bits per heavy atom. The van der Waals surface area contributed by atoms with Gasteiger partial charge in [0.15, 0.2) is 0 Å². The summed E-state index contributed by atoms with van der Waals surface area (Å²) < 4.78 is 5.84. The van der Waals surface area contributed by atoms with Crippen LogP contribution in [0.3, 0.4) is 0 Å². The van der Waals surface area contributed by atoms with Crippen LogP contribution < -0.4 is 10.5 Å². The fourth-order valence-corrected chi connectivity index (χ4v) is 1.50. The molecule has 2 rings (SSSR count). The van der Waals surface area contributed by atoms with Crippen molar-refractivity contribution in [2.75, 3.05) is 0 Å². The van der Waals surface area contributed by atoms with Gasteiger partial charge in [-0.25, -0.2) is 0 Å². The van der Waals surface area contributed by atoms with Crippen molar-refractivity contribution >= 4 is 0 Å². The highest BCUT2D eigenvalue weighted by molar-refractivity contribution is 5.35. The zero-order valence-electron chi connectivity index (χ0n) is 10.3. The first kappa shape index (κ1) is 11.4. The van der Waals surface area contributed by atoms with Crippen LogP contribution in [0.2, 0.25) is 0 Å². The molecule has 1 fully saturated rings. The van der Waals surface area contributed by atoms with E-state index in [1.807, 2.05) is 6.20 Å². The van der Waals surface area contributed by atoms with Gasteiger partial charge in [-0.1, -0.05) is 20.8 Å². The minimum atomic E-state index is 0.0990. The van der Waals surface area contributed by atoms with E-state index < -0.39 is 0 Å². The van der Waals surface area contributed by atoms with Crippen LogP contribution in [-0.4, -0.2) is 11.1 Å². The van der Waals surface area contributed by atoms with E-state index in [0.717, 1.165) is 24.3 Å². The SMILES string of the molecule is CC(C)(C)c1cnc(CN)c(OC2CC2)c1. The third kappa shape index (κ3) is 2.53. The van der Waals surface area contributed by atoms with Gasteiger partial charge in [-0.3, -0.25) is 4.98 Å². The molecule has 16 heavy (non-hydrogen) atoms. The highest BCUT2D eigenvalue weighted by Gasteiger charge is 2.25. The summed E-state index contributed by atoms with van der Waals surface area (Å²) in [4.78, 5) is 4.39. The van der Waals surface area contributed by atoms with Gasteiger partial charge in [0.1, 0.15) is 5.75 Å². The van der Waals surface area contributed by atoms with E-state index in [1.165, 1.54) is 5.56 Å². The Hall–Kier alpha value is -1.09. The average Bonchev–Trinajstić information content (AvgIpc) is 3.00. The molecular weight excluding hydrogens is 200 g/mol. The molecule has 1 aliphatic rings. The number of nitrogens with zero attached hydrogens (tertiary/aromatic N) is 1. The summed E-state index contributed by atoms with van der Waals surface area (Å²) in [6.45, 7) is 6.96. The first-order valence-corrected chi connectivity index (χ1v) is 5.87. The van der Waals surface area contributed by atoms with Gasteiger partial charge in [-0.05, 0) is 29.9 Å². The van der Waals surface area contributed by atoms with E-state index in [1.54, 1.807) is 0 Å². The summed E-state index contributed by atoms with van der Waals surface area (Å²) in [7, 11) is 0. The topological polar surface area (TPSA) is 48.1 Å². The molecule has 0 spiro atoms. The average molecular weight is 220 g/mol. The highest BCUT2D eigenvalue weighted by Crippen LogP contribution is 2.31. The number of rotatable bonds is 3. The second-order valence-corrected chi connectivity index (χ2v) is 5.44. The van der Waals surface area contributed by atoms with Crippen LogP contribution in [0.5, 0.6) is 5.75 Å². The van der Waals surface area contributed by atoms with E-state index in [2.05, 4.69) is 31.8 Å². The molecule has 0 saturated heterocycles. The Kier molecular flexibility index (Phi) is 2.89. The van der Waals surface area contributed by atoms with Gasteiger partial charge >= 0.3 is 0 Å². The van der Waals surface area contributed by atoms with Gasteiger partial charge in [0.25, 0.3) is 0 Å². The zero-order chi connectivity index (χ0) is 11.8. The van der Waals surface area contributed by atoms with E-state index in [9.17, 15) is 0 Å². The van der Waals surface area contributed by atoms with Gasteiger partial charge in [-0.15, -0.1) is 0 Å². The molecule has 1 aliphatic carbocycles. The number of hydrogen-bond acceptors (Lipinski definition) is 3. The lowest BCUT2D eigenvalue weighted by molar-refractivity contribution is 0.297. The van der Waals surface area contributed by atoms with Crippen LogP contribution >= 0.6 is 0 Å². The van der Waals surface area contributed by atoms with Crippen molar-refractivity contribution in [1.29, 1.82) is 0 Å². The monoisotopic (exact) mass is 220 g/mol. The third-order valence-electron chi connectivity index (χ3n) is 2.81. The number of ether oxygens (including phenoxy) is 1. The lowest BCUT2D eigenvalue weighted by Gasteiger charge is -2.20. The molecule has 1 heterocycles. The molecule has 3 nitrogen and oxygen atoms in total. The first-order valence-electron chi connectivity index (χ1n) is 5.87. The summed E-state index contributed by atoms with van der Waals surface area (Å²) in [5, 5.41) is 0. The van der Waals surface area contributed by atoms with Crippen LogP contribution in [0.25, 0.3) is 0 Å². The summed E-state index contributed by atoms with van der Waals surface area (Å²) in [5.74, 6) is 0.873. The van der Waals surface area contributed by atoms with E-state index in [4.69, 9.17) is 10.5 Å². The van der Waals surface area contributed by atoms with E-state index >= 15 is 0 Å². The number of nitrogens with two attached hydrogens (primary N) is 1. The van der Waals surface area contributed by atoms with Gasteiger partial charge in [0.2, 0.25) is 0 Å². The van der Waals surface area contributed by atoms with Crippen molar-refractivity contribution in [3.63, 3.8) is 0 Å². The smallest absolute Gasteiger partial charge is 0.142 e. The van der Waals surface area contributed by atoms with Crippen LogP contribution in [-0.2, 0) is 12.0 Å². The molecule has 88 valence electrons. The largest absolute Gasteiger partial charge is 0.488 e. The molecule has 0 aliphatic heterocycles. The van der Waals surface area contributed by atoms with E-state index in [-0.39, 0.29) is 5.41 Å². The molecular formula is C13H20N2O. The number of aromatic nitrogens is 1. The van der Waals surface area contributed by atoms with Crippen molar-refractivity contribution in [2.45, 2.75) is 51.7 Å². The molecule has 1 aromatic heterocycles. The van der Waals surface area contributed by atoms with Crippen LogP contribution in [0, 0.1) is 0 Å². The molecule has 1 aromatic rings. The maximum absolute atomic E-state index is 5.84. The van der Waals surface area contributed by atoms with Crippen LogP contribution in [0.1, 0.15) is 44.9 Å². The van der Waals surface area contributed by atoms with Crippen molar-refractivity contribution in [3.8, 4) is 5.75 Å². The summed E-state index contributed by atoms with van der Waals surface area (Å²) in [6.07, 6.45) is 4.61. The van der Waals surface area contributed by atoms with Crippen molar-refractivity contribution in [1.82, 2.24) is 4.98 Å². The molecule has 0 aromatic carbocycles. The molecule has 0 atom stereocenters. The Bertz CT molecular complexity index is 378. The molecule has 0 bridgehead atoms. The van der Waals surface area contributed by atoms with Gasteiger partial charge in [-0.2, -0.15) is 0 Å². The molecule has 0 unspecified atom stereocenters. The van der Waals surface area contributed by atoms with Crippen LogP contribution in [0.4, 0.5) is 0 Å². The number of hydrogen-bond donors (Lipinski definition) is 1. The molecule has 1 saturated carbocycles. The minimum absolute atomic E-state index is 0.0990. The second kappa shape index (κ2) is 4.06. The van der Waals surface area contributed by atoms with Crippen molar-refractivity contribution < 1.29 is 4.74 Å². The fourth-order valence-electron chi connectivity index (χ4n) is 1.50.